The lowest BCUT2D eigenvalue weighted by atomic mass is 10.3. The van der Waals surface area contributed by atoms with Crippen molar-refractivity contribution in [2.45, 2.75) is 18.3 Å². The van der Waals surface area contributed by atoms with Gasteiger partial charge in [0, 0.05) is 30.2 Å². The van der Waals surface area contributed by atoms with Gasteiger partial charge in [-0.15, -0.1) is 0 Å². The van der Waals surface area contributed by atoms with Crippen molar-refractivity contribution >= 4 is 23.4 Å². The van der Waals surface area contributed by atoms with E-state index in [0.29, 0.717) is 18.3 Å². The molecule has 0 bridgehead atoms. The number of nitrogens with two attached hydrogens (primary N) is 1. The Morgan fingerprint density at radius 1 is 1.47 bits per heavy atom. The summed E-state index contributed by atoms with van der Waals surface area (Å²) in [6, 6.07) is 1.43. The summed E-state index contributed by atoms with van der Waals surface area (Å²) < 4.78 is 38.1. The van der Waals surface area contributed by atoms with Crippen molar-refractivity contribution in [3.8, 4) is 0 Å². The number of hydrogen-bond donors (Lipinski definition) is 2. The number of hydrogen-bond acceptors (Lipinski definition) is 6. The van der Waals surface area contributed by atoms with E-state index in [9.17, 15) is 13.2 Å². The predicted molar refractivity (Wildman–Crippen MR) is 69.0 cm³/mol. The Morgan fingerprint density at radius 3 is 2.79 bits per heavy atom. The number of thioether (sulfide) groups is 1. The summed E-state index contributed by atoms with van der Waals surface area (Å²) >= 11 is 1.79. The lowest BCUT2D eigenvalue weighted by Gasteiger charge is -2.31. The van der Waals surface area contributed by atoms with Crippen LogP contribution in [0, 0.1) is 0 Å². The van der Waals surface area contributed by atoms with Gasteiger partial charge in [-0.25, -0.2) is 15.8 Å². The summed E-state index contributed by atoms with van der Waals surface area (Å²) in [7, 11) is 0. The van der Waals surface area contributed by atoms with E-state index < -0.39 is 12.0 Å². The zero-order chi connectivity index (χ0) is 14.0. The van der Waals surface area contributed by atoms with E-state index in [-0.39, 0.29) is 11.6 Å². The van der Waals surface area contributed by atoms with Crippen LogP contribution in [0.2, 0.25) is 0 Å². The highest BCUT2D eigenvalue weighted by atomic mass is 32.2. The van der Waals surface area contributed by atoms with Crippen molar-refractivity contribution in [2.75, 3.05) is 29.2 Å². The molecule has 2 heterocycles. The van der Waals surface area contributed by atoms with Crippen LogP contribution in [0.1, 0.15) is 12.7 Å². The molecule has 1 saturated heterocycles. The van der Waals surface area contributed by atoms with Gasteiger partial charge in [0.15, 0.2) is 0 Å². The first-order chi connectivity index (χ1) is 8.90. The molecule has 106 valence electrons. The normalized spacial score (nSPS) is 20.5. The molecule has 0 radical (unpaired) electrons. The van der Waals surface area contributed by atoms with Gasteiger partial charge in [-0.05, 0) is 0 Å². The summed E-state index contributed by atoms with van der Waals surface area (Å²) in [5.74, 6) is 5.05. The second kappa shape index (κ2) is 5.41. The maximum Gasteiger partial charge on any atom is 0.451 e. The van der Waals surface area contributed by atoms with Crippen molar-refractivity contribution < 1.29 is 13.2 Å². The van der Waals surface area contributed by atoms with Crippen LogP contribution in [0.4, 0.5) is 24.8 Å². The van der Waals surface area contributed by atoms with E-state index >= 15 is 0 Å². The van der Waals surface area contributed by atoms with E-state index in [0.717, 1.165) is 5.75 Å². The number of halogens is 3. The highest BCUT2D eigenvalue weighted by Crippen LogP contribution is 2.30. The number of nitrogen functional groups attached to an aromatic ring is 1. The molecule has 9 heteroatoms. The smallest absolute Gasteiger partial charge is 0.355 e. The van der Waals surface area contributed by atoms with Gasteiger partial charge in [-0.3, -0.25) is 0 Å². The van der Waals surface area contributed by atoms with Crippen LogP contribution in [0.5, 0.6) is 0 Å². The molecular weight excluding hydrogens is 279 g/mol. The van der Waals surface area contributed by atoms with E-state index in [2.05, 4.69) is 15.4 Å². The topological polar surface area (TPSA) is 67.1 Å². The fraction of sp³-hybridized carbons (Fsp3) is 0.600. The van der Waals surface area contributed by atoms with E-state index in [4.69, 9.17) is 5.84 Å². The third-order valence-electron chi connectivity index (χ3n) is 2.68. The second-order valence-corrected chi connectivity index (χ2v) is 5.75. The standard InChI is InChI=1S/C10H14F3N5S/c1-6-5-18(2-3-19-6)8-4-7(17-14)15-9(16-8)10(11,12)13/h4,6H,2-3,5,14H2,1H3,(H,15,16,17). The highest BCUT2D eigenvalue weighted by Gasteiger charge is 2.36. The minimum absolute atomic E-state index is 0.0387. The average Bonchev–Trinajstić information content (AvgIpc) is 2.37. The molecule has 2 rings (SSSR count). The first-order valence-corrected chi connectivity index (χ1v) is 6.74. The van der Waals surface area contributed by atoms with E-state index in [1.807, 2.05) is 11.8 Å². The Balaban J connectivity index is 2.34. The number of aromatic nitrogens is 2. The molecule has 19 heavy (non-hydrogen) atoms. The van der Waals surface area contributed by atoms with Gasteiger partial charge in [0.1, 0.15) is 11.6 Å². The lowest BCUT2D eigenvalue weighted by molar-refractivity contribution is -0.144. The van der Waals surface area contributed by atoms with Crippen LogP contribution >= 0.6 is 11.8 Å². The zero-order valence-electron chi connectivity index (χ0n) is 10.2. The molecular formula is C10H14F3N5S. The maximum atomic E-state index is 12.7. The molecule has 1 atom stereocenters. The first kappa shape index (κ1) is 14.2. The van der Waals surface area contributed by atoms with Crippen molar-refractivity contribution in [3.05, 3.63) is 11.9 Å². The number of nitrogens with one attached hydrogen (secondary N) is 1. The van der Waals surface area contributed by atoms with Crippen LogP contribution in [-0.2, 0) is 6.18 Å². The van der Waals surface area contributed by atoms with Crippen LogP contribution in [0.15, 0.2) is 6.07 Å². The lowest BCUT2D eigenvalue weighted by Crippen LogP contribution is -2.37. The number of anilines is 2. The summed E-state index contributed by atoms with van der Waals surface area (Å²) in [4.78, 5) is 8.75. The Labute approximate surface area is 112 Å². The molecule has 0 spiro atoms. The molecule has 0 aromatic carbocycles. The van der Waals surface area contributed by atoms with Gasteiger partial charge in [-0.1, -0.05) is 6.92 Å². The molecule has 1 aromatic heterocycles. The summed E-state index contributed by atoms with van der Waals surface area (Å²) in [6.07, 6.45) is -4.59. The zero-order valence-corrected chi connectivity index (χ0v) is 11.1. The fourth-order valence-corrected chi connectivity index (χ4v) is 2.84. The summed E-state index contributed by atoms with van der Waals surface area (Å²) in [6.45, 7) is 3.35. The van der Waals surface area contributed by atoms with Gasteiger partial charge < -0.3 is 10.3 Å². The van der Waals surface area contributed by atoms with Crippen LogP contribution in [-0.4, -0.2) is 34.1 Å². The van der Waals surface area contributed by atoms with Crippen molar-refractivity contribution in [3.63, 3.8) is 0 Å². The predicted octanol–water partition coefficient (Wildman–Crippen LogP) is 1.72. The third kappa shape index (κ3) is 3.41. The van der Waals surface area contributed by atoms with Crippen LogP contribution in [0.25, 0.3) is 0 Å². The molecule has 0 aliphatic carbocycles. The molecule has 1 unspecified atom stereocenters. The van der Waals surface area contributed by atoms with Gasteiger partial charge in [0.25, 0.3) is 0 Å². The third-order valence-corrected chi connectivity index (χ3v) is 3.82. The molecule has 0 saturated carbocycles. The van der Waals surface area contributed by atoms with Crippen LogP contribution in [0.3, 0.4) is 0 Å². The Hall–Kier alpha value is -1.22. The Kier molecular flexibility index (Phi) is 4.04. The monoisotopic (exact) mass is 293 g/mol. The van der Waals surface area contributed by atoms with Crippen LogP contribution < -0.4 is 16.2 Å². The minimum Gasteiger partial charge on any atom is -0.355 e. The number of nitrogens with zero attached hydrogens (tertiary/aromatic N) is 3. The summed E-state index contributed by atoms with van der Waals surface area (Å²) in [5, 5.41) is 0.354. The summed E-state index contributed by atoms with van der Waals surface area (Å²) in [5.41, 5.74) is 2.15. The Morgan fingerprint density at radius 2 is 2.21 bits per heavy atom. The Bertz CT molecular complexity index is 453. The molecule has 0 amide bonds. The molecule has 1 aliphatic rings. The minimum atomic E-state index is -4.59. The quantitative estimate of drug-likeness (QED) is 0.639. The average molecular weight is 293 g/mol. The van der Waals surface area contributed by atoms with Gasteiger partial charge in [0.05, 0.1) is 0 Å². The molecule has 1 aliphatic heterocycles. The number of hydrazine groups is 1. The number of alkyl halides is 3. The fourth-order valence-electron chi connectivity index (χ4n) is 1.82. The molecule has 1 aromatic rings. The SMILES string of the molecule is CC1CN(c2cc(NN)nc(C(F)(F)F)n2)CCS1. The van der Waals surface area contributed by atoms with Crippen molar-refractivity contribution in [1.29, 1.82) is 0 Å². The van der Waals surface area contributed by atoms with E-state index in [1.54, 1.807) is 11.8 Å². The molecule has 5 nitrogen and oxygen atoms in total. The molecule has 3 N–H and O–H groups in total. The maximum absolute atomic E-state index is 12.7. The largest absolute Gasteiger partial charge is 0.451 e. The second-order valence-electron chi connectivity index (χ2n) is 4.20. The van der Waals surface area contributed by atoms with Gasteiger partial charge in [0.2, 0.25) is 5.82 Å². The first-order valence-electron chi connectivity index (χ1n) is 5.69. The number of rotatable bonds is 2. The van der Waals surface area contributed by atoms with E-state index in [1.165, 1.54) is 6.07 Å². The molecule has 1 fully saturated rings. The van der Waals surface area contributed by atoms with Crippen molar-refractivity contribution in [2.24, 2.45) is 5.84 Å². The highest BCUT2D eigenvalue weighted by molar-refractivity contribution is 8.00. The van der Waals surface area contributed by atoms with Gasteiger partial charge in [-0.2, -0.15) is 24.9 Å². The van der Waals surface area contributed by atoms with Crippen molar-refractivity contribution in [1.82, 2.24) is 9.97 Å². The van der Waals surface area contributed by atoms with Gasteiger partial charge >= 0.3 is 6.18 Å².